The molecule has 0 bridgehead atoms. The number of carbonyl (C=O) groups is 1. The summed E-state index contributed by atoms with van der Waals surface area (Å²) < 4.78 is 5.41. The van der Waals surface area contributed by atoms with E-state index in [9.17, 15) is 4.79 Å². The lowest BCUT2D eigenvalue weighted by atomic mass is 10.1. The van der Waals surface area contributed by atoms with Gasteiger partial charge in [0, 0.05) is 12.1 Å². The number of rotatable bonds is 5. The molecule has 3 aromatic rings. The third-order valence-electron chi connectivity index (χ3n) is 4.84. The third kappa shape index (κ3) is 3.06. The quantitative estimate of drug-likeness (QED) is 0.765. The number of para-hydroxylation sites is 1. The lowest BCUT2D eigenvalue weighted by molar-refractivity contribution is -0.119. The Hall–Kier alpha value is -3.15. The summed E-state index contributed by atoms with van der Waals surface area (Å²) in [7, 11) is 0. The monoisotopic (exact) mass is 348 g/mol. The van der Waals surface area contributed by atoms with Gasteiger partial charge in [-0.15, -0.1) is 0 Å². The molecule has 0 saturated carbocycles. The number of carbonyl (C=O) groups excluding carboxylic acids is 1. The summed E-state index contributed by atoms with van der Waals surface area (Å²) in [5.74, 6) is 0.777. The van der Waals surface area contributed by atoms with E-state index >= 15 is 0 Å². The van der Waals surface area contributed by atoms with E-state index in [1.165, 1.54) is 5.56 Å². The number of nitrogens with zero attached hydrogens (tertiary/aromatic N) is 3. The molecule has 0 aliphatic carbocycles. The van der Waals surface area contributed by atoms with Crippen molar-refractivity contribution in [3.8, 4) is 0 Å². The highest BCUT2D eigenvalue weighted by Crippen LogP contribution is 2.32. The van der Waals surface area contributed by atoms with Crippen LogP contribution in [0.5, 0.6) is 0 Å². The maximum Gasteiger partial charge on any atom is 0.240 e. The van der Waals surface area contributed by atoms with E-state index in [-0.39, 0.29) is 11.9 Å². The number of benzene rings is 2. The van der Waals surface area contributed by atoms with Crippen molar-refractivity contribution in [2.45, 2.75) is 32.4 Å². The van der Waals surface area contributed by atoms with E-state index in [1.807, 2.05) is 41.3 Å². The summed E-state index contributed by atoms with van der Waals surface area (Å²) in [4.78, 5) is 18.3. The minimum Gasteiger partial charge on any atom is -0.368 e. The van der Waals surface area contributed by atoms with Crippen molar-refractivity contribution in [1.82, 2.24) is 10.1 Å². The van der Waals surface area contributed by atoms with Gasteiger partial charge in [0.05, 0.1) is 13.0 Å². The second-order valence-electron chi connectivity index (χ2n) is 6.59. The van der Waals surface area contributed by atoms with Gasteiger partial charge in [0.25, 0.3) is 0 Å². The number of nitrogens with two attached hydrogens (primary N) is 1. The van der Waals surface area contributed by atoms with Gasteiger partial charge in [-0.05, 0) is 29.7 Å². The normalized spacial score (nSPS) is 15.9. The standard InChI is InChI=1S/C20H20N4O2/c1-13-6-2-3-7-14(13)11-19-22-18(23-26-19)12-24-16-9-5-4-8-15(16)10-17(24)20(21)25/h2-9,17H,10-12H2,1H3,(H2,21,25)/t17-/m0/s1. The zero-order valence-electron chi connectivity index (χ0n) is 14.6. The largest absolute Gasteiger partial charge is 0.368 e. The summed E-state index contributed by atoms with van der Waals surface area (Å²) >= 11 is 0. The van der Waals surface area contributed by atoms with Crippen molar-refractivity contribution in [2.24, 2.45) is 5.73 Å². The van der Waals surface area contributed by atoms with Crippen LogP contribution in [0.1, 0.15) is 28.4 Å². The highest BCUT2D eigenvalue weighted by molar-refractivity contribution is 5.86. The fourth-order valence-electron chi connectivity index (χ4n) is 3.45. The second-order valence-corrected chi connectivity index (χ2v) is 6.59. The molecule has 2 N–H and O–H groups in total. The molecule has 1 aliphatic heterocycles. The SMILES string of the molecule is Cc1ccccc1Cc1nc(CN2c3ccccc3C[C@H]2C(N)=O)no1. The molecule has 0 spiro atoms. The fourth-order valence-corrected chi connectivity index (χ4v) is 3.45. The molecule has 0 saturated heterocycles. The molecule has 0 unspecified atom stereocenters. The van der Waals surface area contributed by atoms with Crippen molar-refractivity contribution in [1.29, 1.82) is 0 Å². The van der Waals surface area contributed by atoms with Crippen molar-refractivity contribution in [3.63, 3.8) is 0 Å². The fraction of sp³-hybridized carbons (Fsp3) is 0.250. The predicted octanol–water partition coefficient (Wildman–Crippen LogP) is 2.39. The van der Waals surface area contributed by atoms with Gasteiger partial charge in [0.1, 0.15) is 6.04 Å². The Morgan fingerprint density at radius 2 is 2.00 bits per heavy atom. The molecule has 6 heteroatoms. The van der Waals surface area contributed by atoms with Crippen LogP contribution in [0.15, 0.2) is 53.1 Å². The molecule has 1 amide bonds. The highest BCUT2D eigenvalue weighted by Gasteiger charge is 2.33. The Morgan fingerprint density at radius 1 is 1.23 bits per heavy atom. The molecule has 2 heterocycles. The minimum atomic E-state index is -0.384. The lowest BCUT2D eigenvalue weighted by Crippen LogP contribution is -2.42. The van der Waals surface area contributed by atoms with E-state index in [0.717, 1.165) is 16.8 Å². The van der Waals surface area contributed by atoms with E-state index in [0.29, 0.717) is 31.1 Å². The van der Waals surface area contributed by atoms with Crippen LogP contribution in [0.3, 0.4) is 0 Å². The molecule has 1 aliphatic rings. The summed E-state index contributed by atoms with van der Waals surface area (Å²) in [5, 5.41) is 4.09. The molecule has 1 aromatic heterocycles. The number of hydrogen-bond donors (Lipinski definition) is 1. The summed E-state index contributed by atoms with van der Waals surface area (Å²) in [6.45, 7) is 2.45. The van der Waals surface area contributed by atoms with Crippen LogP contribution in [-0.2, 0) is 24.2 Å². The number of hydrogen-bond acceptors (Lipinski definition) is 5. The van der Waals surface area contributed by atoms with E-state index in [1.54, 1.807) is 0 Å². The number of fused-ring (bicyclic) bond motifs is 1. The Bertz CT molecular complexity index is 950. The zero-order chi connectivity index (χ0) is 18.1. The first kappa shape index (κ1) is 16.3. The zero-order valence-corrected chi connectivity index (χ0v) is 14.6. The number of anilines is 1. The summed E-state index contributed by atoms with van der Waals surface area (Å²) in [6.07, 6.45) is 1.20. The highest BCUT2D eigenvalue weighted by atomic mass is 16.5. The van der Waals surface area contributed by atoms with Crippen molar-refractivity contribution in [2.75, 3.05) is 4.90 Å². The molecular weight excluding hydrogens is 328 g/mol. The molecule has 132 valence electrons. The van der Waals surface area contributed by atoms with Crippen LogP contribution in [0.4, 0.5) is 5.69 Å². The van der Waals surface area contributed by atoms with Gasteiger partial charge in [-0.1, -0.05) is 47.6 Å². The predicted molar refractivity (Wildman–Crippen MR) is 97.6 cm³/mol. The third-order valence-corrected chi connectivity index (χ3v) is 4.84. The van der Waals surface area contributed by atoms with Crippen LogP contribution in [0, 0.1) is 6.92 Å². The van der Waals surface area contributed by atoms with E-state index in [4.69, 9.17) is 10.3 Å². The summed E-state index contributed by atoms with van der Waals surface area (Å²) in [6, 6.07) is 15.7. The van der Waals surface area contributed by atoms with Gasteiger partial charge in [-0.25, -0.2) is 0 Å². The van der Waals surface area contributed by atoms with Gasteiger partial charge in [0.2, 0.25) is 11.8 Å². The Kier molecular flexibility index (Phi) is 4.16. The van der Waals surface area contributed by atoms with E-state index < -0.39 is 0 Å². The van der Waals surface area contributed by atoms with Crippen molar-refractivity contribution >= 4 is 11.6 Å². The van der Waals surface area contributed by atoms with Crippen LogP contribution in [-0.4, -0.2) is 22.1 Å². The second kappa shape index (κ2) is 6.63. The molecule has 0 fully saturated rings. The summed E-state index contributed by atoms with van der Waals surface area (Å²) in [5.41, 5.74) is 10.1. The molecule has 6 nitrogen and oxygen atoms in total. The minimum absolute atomic E-state index is 0.343. The van der Waals surface area contributed by atoms with Gasteiger partial charge < -0.3 is 15.2 Å². The number of primary amides is 1. The first-order valence-electron chi connectivity index (χ1n) is 8.61. The van der Waals surface area contributed by atoms with Gasteiger partial charge in [-0.3, -0.25) is 4.79 Å². The lowest BCUT2D eigenvalue weighted by Gasteiger charge is -2.23. The van der Waals surface area contributed by atoms with Crippen molar-refractivity contribution < 1.29 is 9.32 Å². The molecule has 26 heavy (non-hydrogen) atoms. The first-order chi connectivity index (χ1) is 12.6. The molecular formula is C20H20N4O2. The van der Waals surface area contributed by atoms with Crippen molar-refractivity contribution in [3.05, 3.63) is 76.9 Å². The molecule has 2 aromatic carbocycles. The average molecular weight is 348 g/mol. The van der Waals surface area contributed by atoms with Gasteiger partial charge in [-0.2, -0.15) is 4.98 Å². The average Bonchev–Trinajstić information content (AvgIpc) is 3.22. The number of aryl methyl sites for hydroxylation is 1. The smallest absolute Gasteiger partial charge is 0.240 e. The number of aromatic nitrogens is 2. The molecule has 0 radical (unpaired) electrons. The Labute approximate surface area is 151 Å². The maximum atomic E-state index is 11.9. The van der Waals surface area contributed by atoms with E-state index in [2.05, 4.69) is 29.2 Å². The molecule has 4 rings (SSSR count). The number of amides is 1. The Morgan fingerprint density at radius 3 is 2.81 bits per heavy atom. The van der Waals surface area contributed by atoms with Crippen LogP contribution in [0.2, 0.25) is 0 Å². The first-order valence-corrected chi connectivity index (χ1v) is 8.61. The van der Waals surface area contributed by atoms with Gasteiger partial charge >= 0.3 is 0 Å². The van der Waals surface area contributed by atoms with Gasteiger partial charge in [0.15, 0.2) is 5.82 Å². The van der Waals surface area contributed by atoms with Crippen LogP contribution < -0.4 is 10.6 Å². The molecule has 1 atom stereocenters. The van der Waals surface area contributed by atoms with Crippen LogP contribution in [0.25, 0.3) is 0 Å². The maximum absolute atomic E-state index is 11.9. The topological polar surface area (TPSA) is 85.3 Å². The Balaban J connectivity index is 1.55. The van der Waals surface area contributed by atoms with Crippen LogP contribution >= 0.6 is 0 Å².